The molecule has 0 aliphatic heterocycles. The van der Waals surface area contributed by atoms with Gasteiger partial charge in [0, 0.05) is 23.7 Å². The van der Waals surface area contributed by atoms with Gasteiger partial charge >= 0.3 is 0 Å². The van der Waals surface area contributed by atoms with E-state index in [-0.39, 0.29) is 16.4 Å². The Hall–Kier alpha value is -2.77. The molecule has 6 nitrogen and oxygen atoms in total. The minimum absolute atomic E-state index is 0.0848. The van der Waals surface area contributed by atoms with E-state index in [0.29, 0.717) is 13.0 Å². The highest BCUT2D eigenvalue weighted by Gasteiger charge is 2.12. The number of hydrogen-bond donors (Lipinski definition) is 2. The number of aromatic nitrogens is 1. The average molecular weight is 355 g/mol. The summed E-state index contributed by atoms with van der Waals surface area (Å²) in [5, 5.41) is 8.93. The SMILES string of the molecule is NS(=O)(=O)c1cccc(C(=O)NCCc2cccc3cccnc23)c1. The molecule has 3 aromatic rings. The maximum absolute atomic E-state index is 12.2. The number of benzene rings is 2. The van der Waals surface area contributed by atoms with Gasteiger partial charge in [-0.3, -0.25) is 9.78 Å². The lowest BCUT2D eigenvalue weighted by molar-refractivity contribution is 0.0954. The largest absolute Gasteiger partial charge is 0.352 e. The molecule has 0 aliphatic rings. The summed E-state index contributed by atoms with van der Waals surface area (Å²) in [6, 6.07) is 15.4. The topological polar surface area (TPSA) is 102 Å². The molecule has 0 bridgehead atoms. The Labute approximate surface area is 145 Å². The van der Waals surface area contributed by atoms with Crippen LogP contribution in [0.4, 0.5) is 0 Å². The summed E-state index contributed by atoms with van der Waals surface area (Å²) < 4.78 is 22.7. The highest BCUT2D eigenvalue weighted by Crippen LogP contribution is 2.16. The minimum atomic E-state index is -3.83. The van der Waals surface area contributed by atoms with E-state index in [4.69, 9.17) is 5.14 Å². The first kappa shape index (κ1) is 17.1. The summed E-state index contributed by atoms with van der Waals surface area (Å²) in [6.07, 6.45) is 2.36. The fourth-order valence-corrected chi connectivity index (χ4v) is 3.16. The van der Waals surface area contributed by atoms with Gasteiger partial charge in [-0.05, 0) is 36.2 Å². The molecule has 3 rings (SSSR count). The molecule has 0 aliphatic carbocycles. The van der Waals surface area contributed by atoms with Crippen LogP contribution < -0.4 is 10.5 Å². The van der Waals surface area contributed by atoms with E-state index in [1.165, 1.54) is 18.2 Å². The number of nitrogens with one attached hydrogen (secondary N) is 1. The van der Waals surface area contributed by atoms with Crippen molar-refractivity contribution in [1.29, 1.82) is 0 Å². The standard InChI is InChI=1S/C18H17N3O3S/c19-25(23,24)16-8-2-6-15(12-16)18(22)21-11-9-14-5-1-4-13-7-3-10-20-17(13)14/h1-8,10,12H,9,11H2,(H,21,22)(H2,19,23,24). The third kappa shape index (κ3) is 4.01. The molecule has 7 heteroatoms. The van der Waals surface area contributed by atoms with Crippen LogP contribution in [0.25, 0.3) is 10.9 Å². The molecule has 1 heterocycles. The number of nitrogens with two attached hydrogens (primary N) is 1. The number of primary sulfonamides is 1. The maximum Gasteiger partial charge on any atom is 0.251 e. The van der Waals surface area contributed by atoms with Crippen LogP contribution in [0.3, 0.4) is 0 Å². The van der Waals surface area contributed by atoms with Gasteiger partial charge in [-0.2, -0.15) is 0 Å². The van der Waals surface area contributed by atoms with Crippen LogP contribution in [0.5, 0.6) is 0 Å². The number of rotatable bonds is 5. The van der Waals surface area contributed by atoms with Crippen LogP contribution in [-0.4, -0.2) is 25.9 Å². The Morgan fingerprint density at radius 1 is 1.08 bits per heavy atom. The van der Waals surface area contributed by atoms with Crippen molar-refractivity contribution in [3.8, 4) is 0 Å². The number of nitrogens with zero attached hydrogens (tertiary/aromatic N) is 1. The van der Waals surface area contributed by atoms with Gasteiger partial charge in [-0.1, -0.05) is 30.3 Å². The highest BCUT2D eigenvalue weighted by atomic mass is 32.2. The van der Waals surface area contributed by atoms with Crippen LogP contribution in [0.1, 0.15) is 15.9 Å². The molecule has 1 amide bonds. The lowest BCUT2D eigenvalue weighted by atomic mass is 10.1. The van der Waals surface area contributed by atoms with Crippen molar-refractivity contribution in [2.45, 2.75) is 11.3 Å². The minimum Gasteiger partial charge on any atom is -0.352 e. The van der Waals surface area contributed by atoms with E-state index in [1.54, 1.807) is 12.3 Å². The van der Waals surface area contributed by atoms with E-state index < -0.39 is 10.0 Å². The molecular weight excluding hydrogens is 338 g/mol. The number of pyridine rings is 1. The Morgan fingerprint density at radius 3 is 2.64 bits per heavy atom. The van der Waals surface area contributed by atoms with Crippen molar-refractivity contribution in [1.82, 2.24) is 10.3 Å². The predicted octanol–water partition coefficient (Wildman–Crippen LogP) is 1.85. The van der Waals surface area contributed by atoms with Gasteiger partial charge in [0.1, 0.15) is 0 Å². The second-order valence-corrected chi connectivity index (χ2v) is 7.13. The molecule has 0 radical (unpaired) electrons. The zero-order valence-electron chi connectivity index (χ0n) is 13.3. The first-order chi connectivity index (χ1) is 11.9. The molecular formula is C18H17N3O3S. The van der Waals surface area contributed by atoms with E-state index in [0.717, 1.165) is 16.5 Å². The smallest absolute Gasteiger partial charge is 0.251 e. The van der Waals surface area contributed by atoms with Gasteiger partial charge in [-0.15, -0.1) is 0 Å². The third-order valence-corrected chi connectivity index (χ3v) is 4.73. The van der Waals surface area contributed by atoms with Crippen LogP contribution >= 0.6 is 0 Å². The summed E-state index contributed by atoms with van der Waals surface area (Å²) in [5.74, 6) is -0.348. The van der Waals surface area contributed by atoms with E-state index in [2.05, 4.69) is 10.3 Å². The van der Waals surface area contributed by atoms with Gasteiger partial charge in [0.2, 0.25) is 10.0 Å². The molecule has 2 aromatic carbocycles. The Bertz CT molecular complexity index is 1030. The normalized spacial score (nSPS) is 11.4. The van der Waals surface area contributed by atoms with Crippen molar-refractivity contribution >= 4 is 26.8 Å². The van der Waals surface area contributed by atoms with Crippen LogP contribution in [-0.2, 0) is 16.4 Å². The fourth-order valence-electron chi connectivity index (χ4n) is 2.60. The van der Waals surface area contributed by atoms with Gasteiger partial charge in [0.15, 0.2) is 0 Å². The summed E-state index contributed by atoms with van der Waals surface area (Å²) in [6.45, 7) is 0.411. The van der Waals surface area contributed by atoms with Crippen molar-refractivity contribution in [2.24, 2.45) is 5.14 Å². The number of fused-ring (bicyclic) bond motifs is 1. The zero-order chi connectivity index (χ0) is 17.9. The van der Waals surface area contributed by atoms with Crippen molar-refractivity contribution in [2.75, 3.05) is 6.54 Å². The van der Waals surface area contributed by atoms with E-state index in [1.807, 2.05) is 30.3 Å². The molecule has 0 spiro atoms. The fraction of sp³-hybridized carbons (Fsp3) is 0.111. The predicted molar refractivity (Wildman–Crippen MR) is 95.6 cm³/mol. The molecule has 0 atom stereocenters. The molecule has 0 saturated carbocycles. The van der Waals surface area contributed by atoms with Gasteiger partial charge in [0.25, 0.3) is 5.91 Å². The maximum atomic E-state index is 12.2. The summed E-state index contributed by atoms with van der Waals surface area (Å²) in [4.78, 5) is 16.5. The van der Waals surface area contributed by atoms with Crippen molar-refractivity contribution < 1.29 is 13.2 Å². The molecule has 0 saturated heterocycles. The Morgan fingerprint density at radius 2 is 1.84 bits per heavy atom. The van der Waals surface area contributed by atoms with Crippen LogP contribution in [0.15, 0.2) is 65.7 Å². The Kier molecular flexibility index (Phi) is 4.78. The van der Waals surface area contributed by atoms with Crippen molar-refractivity contribution in [3.05, 3.63) is 71.9 Å². The lowest BCUT2D eigenvalue weighted by Gasteiger charge is -2.08. The zero-order valence-corrected chi connectivity index (χ0v) is 14.2. The number of amides is 1. The van der Waals surface area contributed by atoms with Gasteiger partial charge in [-0.25, -0.2) is 13.6 Å². The number of hydrogen-bond acceptors (Lipinski definition) is 4. The van der Waals surface area contributed by atoms with Crippen LogP contribution in [0.2, 0.25) is 0 Å². The number of carbonyl (C=O) groups excluding carboxylic acids is 1. The molecule has 0 fully saturated rings. The second kappa shape index (κ2) is 7.00. The second-order valence-electron chi connectivity index (χ2n) is 5.57. The first-order valence-corrected chi connectivity index (χ1v) is 9.23. The monoisotopic (exact) mass is 355 g/mol. The lowest BCUT2D eigenvalue weighted by Crippen LogP contribution is -2.26. The van der Waals surface area contributed by atoms with E-state index in [9.17, 15) is 13.2 Å². The van der Waals surface area contributed by atoms with Crippen LogP contribution in [0, 0.1) is 0 Å². The molecule has 3 N–H and O–H groups in total. The summed E-state index contributed by atoms with van der Waals surface area (Å²) in [7, 11) is -3.83. The average Bonchev–Trinajstić information content (AvgIpc) is 2.61. The number of carbonyl (C=O) groups is 1. The number of para-hydroxylation sites is 1. The van der Waals surface area contributed by atoms with Gasteiger partial charge in [0.05, 0.1) is 10.4 Å². The molecule has 25 heavy (non-hydrogen) atoms. The molecule has 128 valence electrons. The third-order valence-electron chi connectivity index (χ3n) is 3.82. The summed E-state index contributed by atoms with van der Waals surface area (Å²) >= 11 is 0. The first-order valence-electron chi connectivity index (χ1n) is 7.69. The highest BCUT2D eigenvalue weighted by molar-refractivity contribution is 7.89. The summed E-state index contributed by atoms with van der Waals surface area (Å²) in [5.41, 5.74) is 2.20. The number of sulfonamides is 1. The van der Waals surface area contributed by atoms with E-state index >= 15 is 0 Å². The van der Waals surface area contributed by atoms with Crippen molar-refractivity contribution in [3.63, 3.8) is 0 Å². The Balaban J connectivity index is 1.69. The molecule has 0 unspecified atom stereocenters. The van der Waals surface area contributed by atoms with Gasteiger partial charge < -0.3 is 5.32 Å². The quantitative estimate of drug-likeness (QED) is 0.729. The molecule has 1 aromatic heterocycles.